The van der Waals surface area contributed by atoms with Gasteiger partial charge in [0.15, 0.2) is 0 Å². The number of nitrogens with zero attached hydrogens (tertiary/aromatic N) is 2. The van der Waals surface area contributed by atoms with E-state index in [2.05, 4.69) is 4.98 Å². The number of aryl methyl sites for hydroxylation is 1. The Kier molecular flexibility index (Phi) is 4.38. The highest BCUT2D eigenvalue weighted by atomic mass is 32.1. The zero-order chi connectivity index (χ0) is 15.5. The van der Waals surface area contributed by atoms with Crippen LogP contribution in [0.25, 0.3) is 10.2 Å². The first-order valence-corrected chi connectivity index (χ1v) is 8.31. The van der Waals surface area contributed by atoms with Gasteiger partial charge in [0, 0.05) is 12.5 Å². The lowest BCUT2D eigenvalue weighted by molar-refractivity contribution is -0.144. The van der Waals surface area contributed by atoms with E-state index in [9.17, 15) is 9.59 Å². The predicted molar refractivity (Wildman–Crippen MR) is 84.9 cm³/mol. The molecule has 1 aromatic heterocycles. The van der Waals surface area contributed by atoms with Crippen molar-refractivity contribution >= 4 is 33.4 Å². The number of rotatable bonds is 7. The molecule has 1 N–H and O–H groups in total. The molecule has 0 atom stereocenters. The largest absolute Gasteiger partial charge is 0.480 e. The van der Waals surface area contributed by atoms with Crippen LogP contribution in [0.4, 0.5) is 0 Å². The van der Waals surface area contributed by atoms with Gasteiger partial charge in [-0.2, -0.15) is 0 Å². The lowest BCUT2D eigenvalue weighted by Crippen LogP contribution is -2.37. The van der Waals surface area contributed by atoms with Crippen molar-refractivity contribution < 1.29 is 14.7 Å². The second-order valence-electron chi connectivity index (χ2n) is 5.58. The molecule has 0 unspecified atom stereocenters. The molecule has 1 fully saturated rings. The summed E-state index contributed by atoms with van der Waals surface area (Å²) >= 11 is 1.66. The number of thiazole rings is 1. The van der Waals surface area contributed by atoms with Crippen molar-refractivity contribution in [3.63, 3.8) is 0 Å². The number of amides is 1. The zero-order valence-electron chi connectivity index (χ0n) is 12.2. The van der Waals surface area contributed by atoms with Crippen molar-refractivity contribution in [2.75, 3.05) is 6.54 Å². The minimum atomic E-state index is -0.938. The van der Waals surface area contributed by atoms with Crippen LogP contribution in [0.5, 0.6) is 0 Å². The van der Waals surface area contributed by atoms with E-state index in [1.54, 1.807) is 11.3 Å². The molecule has 1 amide bonds. The van der Waals surface area contributed by atoms with Crippen LogP contribution in [0.2, 0.25) is 0 Å². The summed E-state index contributed by atoms with van der Waals surface area (Å²) in [6, 6.07) is 8.14. The van der Waals surface area contributed by atoms with Gasteiger partial charge in [0.05, 0.1) is 15.2 Å². The first-order chi connectivity index (χ1) is 10.6. The molecular weight excluding hydrogens is 300 g/mol. The smallest absolute Gasteiger partial charge is 0.323 e. The van der Waals surface area contributed by atoms with Gasteiger partial charge in [0.1, 0.15) is 6.54 Å². The molecule has 1 saturated carbocycles. The Morgan fingerprint density at radius 2 is 2.09 bits per heavy atom. The van der Waals surface area contributed by atoms with Crippen molar-refractivity contribution in [3.05, 3.63) is 29.3 Å². The van der Waals surface area contributed by atoms with E-state index in [-0.39, 0.29) is 18.5 Å². The van der Waals surface area contributed by atoms with Crippen molar-refractivity contribution in [1.82, 2.24) is 9.88 Å². The number of aliphatic carboxylic acids is 1. The topological polar surface area (TPSA) is 70.5 Å². The number of carboxylic acids is 1. The highest BCUT2D eigenvalue weighted by molar-refractivity contribution is 7.18. The predicted octanol–water partition coefficient (Wildman–Crippen LogP) is 2.69. The highest BCUT2D eigenvalue weighted by Crippen LogP contribution is 2.28. The maximum absolute atomic E-state index is 12.2. The van der Waals surface area contributed by atoms with Crippen molar-refractivity contribution in [3.8, 4) is 0 Å². The molecule has 0 radical (unpaired) electrons. The maximum atomic E-state index is 12.2. The van der Waals surface area contributed by atoms with E-state index in [0.29, 0.717) is 12.8 Å². The van der Waals surface area contributed by atoms with Gasteiger partial charge in [0.25, 0.3) is 0 Å². The third-order valence-corrected chi connectivity index (χ3v) is 4.83. The molecule has 0 saturated heterocycles. The summed E-state index contributed by atoms with van der Waals surface area (Å²) in [4.78, 5) is 29.1. The van der Waals surface area contributed by atoms with Crippen LogP contribution < -0.4 is 0 Å². The molecule has 1 aromatic carbocycles. The third kappa shape index (κ3) is 3.62. The zero-order valence-corrected chi connectivity index (χ0v) is 13.0. The number of aromatic nitrogens is 1. The maximum Gasteiger partial charge on any atom is 0.323 e. The molecule has 2 aromatic rings. The Bertz CT molecular complexity index is 661. The molecule has 0 aliphatic heterocycles. The molecule has 6 heteroatoms. The number of hydrogen-bond acceptors (Lipinski definition) is 4. The Balaban J connectivity index is 1.53. The van der Waals surface area contributed by atoms with E-state index >= 15 is 0 Å². The van der Waals surface area contributed by atoms with E-state index in [4.69, 9.17) is 5.11 Å². The van der Waals surface area contributed by atoms with E-state index in [0.717, 1.165) is 34.5 Å². The summed E-state index contributed by atoms with van der Waals surface area (Å²) in [5, 5.41) is 9.92. The van der Waals surface area contributed by atoms with Crippen molar-refractivity contribution in [2.45, 2.75) is 38.1 Å². The van der Waals surface area contributed by atoms with E-state index in [1.165, 1.54) is 4.90 Å². The highest BCUT2D eigenvalue weighted by Gasteiger charge is 2.33. The normalized spacial score (nSPS) is 14.2. The number of benzene rings is 1. The fraction of sp³-hybridized carbons (Fsp3) is 0.438. The fourth-order valence-corrected chi connectivity index (χ4v) is 3.52. The molecule has 5 nitrogen and oxygen atoms in total. The fourth-order valence-electron chi connectivity index (χ4n) is 2.51. The van der Waals surface area contributed by atoms with Crippen LogP contribution in [0.3, 0.4) is 0 Å². The van der Waals surface area contributed by atoms with E-state index in [1.807, 2.05) is 24.3 Å². The van der Waals surface area contributed by atoms with Crippen LogP contribution >= 0.6 is 11.3 Å². The molecular formula is C16H18N2O3S. The SMILES string of the molecule is O=C(O)CN(C(=O)CCCc1nc2ccccc2s1)C1CC1. The molecule has 22 heavy (non-hydrogen) atoms. The van der Waals surface area contributed by atoms with Gasteiger partial charge in [-0.15, -0.1) is 11.3 Å². The van der Waals surface area contributed by atoms with Gasteiger partial charge in [-0.25, -0.2) is 4.98 Å². The van der Waals surface area contributed by atoms with Crippen molar-refractivity contribution in [1.29, 1.82) is 0 Å². The van der Waals surface area contributed by atoms with Crippen LogP contribution in [0.15, 0.2) is 24.3 Å². The second-order valence-corrected chi connectivity index (χ2v) is 6.69. The van der Waals surface area contributed by atoms with Gasteiger partial charge in [-0.05, 0) is 37.8 Å². The average molecular weight is 318 g/mol. The second kappa shape index (κ2) is 6.44. The minimum absolute atomic E-state index is 0.0500. The Morgan fingerprint density at radius 3 is 2.77 bits per heavy atom. The number of carboxylic acid groups (broad SMARTS) is 1. The van der Waals surface area contributed by atoms with E-state index < -0.39 is 5.97 Å². The third-order valence-electron chi connectivity index (χ3n) is 3.73. The van der Waals surface area contributed by atoms with Gasteiger partial charge in [-0.3, -0.25) is 9.59 Å². The summed E-state index contributed by atoms with van der Waals surface area (Å²) < 4.78 is 1.16. The van der Waals surface area contributed by atoms with Crippen LogP contribution in [0.1, 0.15) is 30.7 Å². The number of carbonyl (C=O) groups is 2. The molecule has 1 aliphatic rings. The van der Waals surface area contributed by atoms with Gasteiger partial charge in [-0.1, -0.05) is 12.1 Å². The molecule has 3 rings (SSSR count). The van der Waals surface area contributed by atoms with Gasteiger partial charge >= 0.3 is 5.97 Å². The quantitative estimate of drug-likeness (QED) is 0.852. The Morgan fingerprint density at radius 1 is 1.32 bits per heavy atom. The van der Waals surface area contributed by atoms with Crippen LogP contribution in [-0.2, 0) is 16.0 Å². The van der Waals surface area contributed by atoms with Crippen LogP contribution in [0, 0.1) is 0 Å². The number of hydrogen-bond donors (Lipinski definition) is 1. The number of para-hydroxylation sites is 1. The molecule has 0 bridgehead atoms. The lowest BCUT2D eigenvalue weighted by Gasteiger charge is -2.19. The summed E-state index contributed by atoms with van der Waals surface area (Å²) in [6.45, 7) is -0.176. The van der Waals surface area contributed by atoms with Crippen molar-refractivity contribution in [2.24, 2.45) is 0 Å². The molecule has 0 spiro atoms. The monoisotopic (exact) mass is 318 g/mol. The van der Waals surface area contributed by atoms with Gasteiger partial charge in [0.2, 0.25) is 5.91 Å². The van der Waals surface area contributed by atoms with Crippen LogP contribution in [-0.4, -0.2) is 39.5 Å². The number of carbonyl (C=O) groups excluding carboxylic acids is 1. The Hall–Kier alpha value is -1.95. The summed E-state index contributed by atoms with van der Waals surface area (Å²) in [5.74, 6) is -0.988. The standard InChI is InChI=1S/C16H18N2O3S/c19-15(18(10-16(20)21)11-8-9-11)7-3-6-14-17-12-4-1-2-5-13(12)22-14/h1-2,4-5,11H,3,6-10H2,(H,20,21). The number of fused-ring (bicyclic) bond motifs is 1. The van der Waals surface area contributed by atoms with Gasteiger partial charge < -0.3 is 10.0 Å². The summed E-state index contributed by atoms with van der Waals surface area (Å²) in [7, 11) is 0. The molecule has 116 valence electrons. The first-order valence-electron chi connectivity index (χ1n) is 7.49. The average Bonchev–Trinajstić information content (AvgIpc) is 3.23. The summed E-state index contributed by atoms with van der Waals surface area (Å²) in [5.41, 5.74) is 0.999. The molecule has 1 heterocycles. The molecule has 1 aliphatic carbocycles. The Labute approximate surface area is 132 Å². The first kappa shape index (κ1) is 15.0. The lowest BCUT2D eigenvalue weighted by atomic mass is 10.2. The minimum Gasteiger partial charge on any atom is -0.480 e. The summed E-state index contributed by atoms with van der Waals surface area (Å²) in [6.07, 6.45) is 3.71.